The lowest BCUT2D eigenvalue weighted by Gasteiger charge is -2.07. The summed E-state index contributed by atoms with van der Waals surface area (Å²) in [6.45, 7) is 0. The average Bonchev–Trinajstić information content (AvgIpc) is 2.50. The van der Waals surface area contributed by atoms with E-state index in [1.165, 1.54) is 0 Å². The van der Waals surface area contributed by atoms with Gasteiger partial charge in [0.05, 0.1) is 0 Å². The minimum atomic E-state index is -1.46. The van der Waals surface area contributed by atoms with Crippen LogP contribution in [-0.2, 0) is 0 Å². The number of fused-ring (bicyclic) bond motifs is 1. The zero-order valence-corrected chi connectivity index (χ0v) is 10.8. The van der Waals surface area contributed by atoms with E-state index in [0.29, 0.717) is 5.56 Å². The van der Waals surface area contributed by atoms with Gasteiger partial charge in [-0.05, 0) is 46.2 Å². The van der Waals surface area contributed by atoms with Gasteiger partial charge in [0.2, 0.25) is 0 Å². The second-order valence-corrected chi connectivity index (χ2v) is 4.64. The second-order valence-electron chi connectivity index (χ2n) is 4.64. The SMILES string of the molecule is C#Cc1cccc2cc(-c3cc(F)c(F)c(F)c3)ccc12. The standard InChI is InChI=1S/C18H9F3/c1-2-11-4-3-5-13-8-12(6-7-15(11)13)14-9-16(19)18(21)17(20)10-14/h1,3-10H. The molecular weight excluding hydrogens is 273 g/mol. The van der Waals surface area contributed by atoms with E-state index in [1.807, 2.05) is 18.2 Å². The summed E-state index contributed by atoms with van der Waals surface area (Å²) in [5, 5.41) is 1.74. The van der Waals surface area contributed by atoms with Gasteiger partial charge in [0.15, 0.2) is 17.5 Å². The molecule has 0 nitrogen and oxygen atoms in total. The summed E-state index contributed by atoms with van der Waals surface area (Å²) in [5.74, 6) is -1.29. The molecule has 0 aliphatic heterocycles. The molecule has 0 aliphatic rings. The molecule has 3 rings (SSSR count). The molecule has 0 heterocycles. The normalized spacial score (nSPS) is 10.6. The molecule has 0 N–H and O–H groups in total. The van der Waals surface area contributed by atoms with Gasteiger partial charge < -0.3 is 0 Å². The van der Waals surface area contributed by atoms with Crippen LogP contribution in [0.1, 0.15) is 5.56 Å². The van der Waals surface area contributed by atoms with Crippen LogP contribution in [0.4, 0.5) is 13.2 Å². The van der Waals surface area contributed by atoms with Gasteiger partial charge in [-0.2, -0.15) is 0 Å². The molecule has 0 fully saturated rings. The summed E-state index contributed by atoms with van der Waals surface area (Å²) >= 11 is 0. The third-order valence-corrected chi connectivity index (χ3v) is 3.35. The van der Waals surface area contributed by atoms with Crippen LogP contribution in [0.2, 0.25) is 0 Å². The van der Waals surface area contributed by atoms with Crippen molar-refractivity contribution < 1.29 is 13.2 Å². The monoisotopic (exact) mass is 282 g/mol. The third kappa shape index (κ3) is 2.25. The summed E-state index contributed by atoms with van der Waals surface area (Å²) in [6.07, 6.45) is 5.43. The Labute approximate surface area is 119 Å². The predicted octanol–water partition coefficient (Wildman–Crippen LogP) is 4.91. The van der Waals surface area contributed by atoms with Gasteiger partial charge in [0.25, 0.3) is 0 Å². The van der Waals surface area contributed by atoms with Gasteiger partial charge >= 0.3 is 0 Å². The molecule has 0 aromatic heterocycles. The molecule has 0 aliphatic carbocycles. The topological polar surface area (TPSA) is 0 Å². The van der Waals surface area contributed by atoms with E-state index in [-0.39, 0.29) is 5.56 Å². The fourth-order valence-electron chi connectivity index (χ4n) is 2.31. The first kappa shape index (κ1) is 13.3. The van der Waals surface area contributed by atoms with Crippen LogP contribution in [0, 0.1) is 29.8 Å². The number of benzene rings is 3. The summed E-state index contributed by atoms with van der Waals surface area (Å²) in [5.41, 5.74) is 1.62. The quantitative estimate of drug-likeness (QED) is 0.439. The van der Waals surface area contributed by atoms with E-state index in [1.54, 1.807) is 18.2 Å². The van der Waals surface area contributed by atoms with E-state index in [0.717, 1.165) is 28.5 Å². The molecule has 0 radical (unpaired) electrons. The summed E-state index contributed by atoms with van der Waals surface area (Å²) in [4.78, 5) is 0. The van der Waals surface area contributed by atoms with Crippen LogP contribution in [-0.4, -0.2) is 0 Å². The number of rotatable bonds is 1. The van der Waals surface area contributed by atoms with Crippen LogP contribution in [0.5, 0.6) is 0 Å². The largest absolute Gasteiger partial charge is 0.204 e. The second kappa shape index (κ2) is 4.99. The first-order valence-corrected chi connectivity index (χ1v) is 6.24. The Kier molecular flexibility index (Phi) is 3.15. The van der Waals surface area contributed by atoms with E-state index in [2.05, 4.69) is 5.92 Å². The van der Waals surface area contributed by atoms with Crippen molar-refractivity contribution in [1.82, 2.24) is 0 Å². The molecule has 0 amide bonds. The molecule has 0 saturated heterocycles. The Balaban J connectivity index is 2.21. The highest BCUT2D eigenvalue weighted by atomic mass is 19.2. The fraction of sp³-hybridized carbons (Fsp3) is 0. The summed E-state index contributed by atoms with van der Waals surface area (Å²) in [7, 11) is 0. The van der Waals surface area contributed by atoms with Gasteiger partial charge in [0.1, 0.15) is 0 Å². The van der Waals surface area contributed by atoms with E-state index in [4.69, 9.17) is 6.42 Å². The summed E-state index contributed by atoms with van der Waals surface area (Å²) in [6, 6.07) is 12.7. The zero-order valence-electron chi connectivity index (χ0n) is 10.8. The first-order chi connectivity index (χ1) is 10.1. The number of terminal acetylenes is 1. The molecule has 0 spiro atoms. The van der Waals surface area contributed by atoms with Crippen molar-refractivity contribution in [3.8, 4) is 23.5 Å². The minimum Gasteiger partial charge on any atom is -0.204 e. The maximum Gasteiger partial charge on any atom is 0.194 e. The Bertz CT molecular complexity index is 866. The Morgan fingerprint density at radius 3 is 2.19 bits per heavy atom. The van der Waals surface area contributed by atoms with Gasteiger partial charge in [-0.3, -0.25) is 0 Å². The van der Waals surface area contributed by atoms with Crippen molar-refractivity contribution in [3.63, 3.8) is 0 Å². The lowest BCUT2D eigenvalue weighted by molar-refractivity contribution is 0.448. The zero-order chi connectivity index (χ0) is 15.0. The molecule has 3 aromatic carbocycles. The molecule has 0 atom stereocenters. The number of hydrogen-bond donors (Lipinski definition) is 0. The van der Waals surface area contributed by atoms with E-state index < -0.39 is 17.5 Å². The Morgan fingerprint density at radius 1 is 0.810 bits per heavy atom. The number of halogens is 3. The van der Waals surface area contributed by atoms with Crippen molar-refractivity contribution in [2.24, 2.45) is 0 Å². The van der Waals surface area contributed by atoms with Gasteiger partial charge in [-0.15, -0.1) is 6.42 Å². The molecule has 0 bridgehead atoms. The van der Waals surface area contributed by atoms with Gasteiger partial charge in [-0.25, -0.2) is 13.2 Å². The number of hydrogen-bond acceptors (Lipinski definition) is 0. The fourth-order valence-corrected chi connectivity index (χ4v) is 2.31. The lowest BCUT2D eigenvalue weighted by Crippen LogP contribution is -1.92. The molecule has 3 aromatic rings. The minimum absolute atomic E-state index is 0.277. The van der Waals surface area contributed by atoms with Crippen molar-refractivity contribution >= 4 is 10.8 Å². The molecule has 0 unspecified atom stereocenters. The first-order valence-electron chi connectivity index (χ1n) is 6.24. The highest BCUT2D eigenvalue weighted by Crippen LogP contribution is 2.28. The molecule has 3 heteroatoms. The molecule has 21 heavy (non-hydrogen) atoms. The molecule has 0 saturated carbocycles. The van der Waals surface area contributed by atoms with E-state index in [9.17, 15) is 13.2 Å². The van der Waals surface area contributed by atoms with E-state index >= 15 is 0 Å². The third-order valence-electron chi connectivity index (χ3n) is 3.35. The smallest absolute Gasteiger partial charge is 0.194 e. The highest BCUT2D eigenvalue weighted by Gasteiger charge is 2.12. The van der Waals surface area contributed by atoms with Gasteiger partial charge in [-0.1, -0.05) is 30.2 Å². The van der Waals surface area contributed by atoms with Crippen LogP contribution in [0.25, 0.3) is 21.9 Å². The van der Waals surface area contributed by atoms with Crippen molar-refractivity contribution in [2.45, 2.75) is 0 Å². The molecule has 102 valence electrons. The average molecular weight is 282 g/mol. The van der Waals surface area contributed by atoms with Crippen LogP contribution < -0.4 is 0 Å². The Hall–Kier alpha value is -2.73. The van der Waals surface area contributed by atoms with Crippen molar-refractivity contribution in [2.75, 3.05) is 0 Å². The van der Waals surface area contributed by atoms with Crippen molar-refractivity contribution in [1.29, 1.82) is 0 Å². The lowest BCUT2D eigenvalue weighted by atomic mass is 9.98. The maximum absolute atomic E-state index is 13.3. The predicted molar refractivity (Wildman–Crippen MR) is 77.2 cm³/mol. The van der Waals surface area contributed by atoms with Gasteiger partial charge in [0, 0.05) is 5.56 Å². The van der Waals surface area contributed by atoms with Crippen molar-refractivity contribution in [3.05, 3.63) is 71.5 Å². The summed E-state index contributed by atoms with van der Waals surface area (Å²) < 4.78 is 39.6. The highest BCUT2D eigenvalue weighted by molar-refractivity contribution is 5.91. The maximum atomic E-state index is 13.3. The van der Waals surface area contributed by atoms with Crippen LogP contribution >= 0.6 is 0 Å². The van der Waals surface area contributed by atoms with Crippen LogP contribution in [0.15, 0.2) is 48.5 Å². The van der Waals surface area contributed by atoms with Crippen LogP contribution in [0.3, 0.4) is 0 Å². The Morgan fingerprint density at radius 2 is 1.52 bits per heavy atom. The molecular formula is C18H9F3.